The van der Waals surface area contributed by atoms with Crippen LogP contribution in [0.2, 0.25) is 0 Å². The summed E-state index contributed by atoms with van der Waals surface area (Å²) in [6, 6.07) is 0.343. The van der Waals surface area contributed by atoms with E-state index in [2.05, 4.69) is 20.5 Å². The third kappa shape index (κ3) is 3.80. The summed E-state index contributed by atoms with van der Waals surface area (Å²) >= 11 is 0. The molecule has 0 aromatic carbocycles. The number of likely N-dealkylation sites (tertiary alicyclic amines) is 1. The standard InChI is InChI=1S/C15H24N6O2/c16-15-18-12(19-20-15)7-8-17-14(23)10-5-6-13(22)21(9-10)11-3-1-2-4-11/h10-11H,1-9H2,(H,17,23)(H3,16,18,19,20)/t10-/m1/s1. The first-order valence-corrected chi connectivity index (χ1v) is 8.37. The Kier molecular flexibility index (Phi) is 4.78. The van der Waals surface area contributed by atoms with Crippen LogP contribution in [0.5, 0.6) is 0 Å². The highest BCUT2D eigenvalue weighted by molar-refractivity contribution is 5.84. The van der Waals surface area contributed by atoms with Crippen LogP contribution >= 0.6 is 0 Å². The molecule has 1 aliphatic carbocycles. The fourth-order valence-corrected chi connectivity index (χ4v) is 3.52. The summed E-state index contributed by atoms with van der Waals surface area (Å²) in [5.74, 6) is 0.998. The van der Waals surface area contributed by atoms with Crippen molar-refractivity contribution in [2.24, 2.45) is 5.92 Å². The van der Waals surface area contributed by atoms with Gasteiger partial charge in [0.1, 0.15) is 5.82 Å². The van der Waals surface area contributed by atoms with Crippen molar-refractivity contribution in [1.29, 1.82) is 0 Å². The van der Waals surface area contributed by atoms with Gasteiger partial charge in [-0.2, -0.15) is 4.98 Å². The molecule has 1 saturated heterocycles. The lowest BCUT2D eigenvalue weighted by Crippen LogP contribution is -2.49. The molecule has 23 heavy (non-hydrogen) atoms. The maximum atomic E-state index is 12.3. The third-order valence-electron chi connectivity index (χ3n) is 4.79. The number of hydrogen-bond acceptors (Lipinski definition) is 5. The quantitative estimate of drug-likeness (QED) is 0.718. The zero-order chi connectivity index (χ0) is 16.2. The van der Waals surface area contributed by atoms with Crippen molar-refractivity contribution in [2.75, 3.05) is 18.8 Å². The van der Waals surface area contributed by atoms with Gasteiger partial charge in [0.2, 0.25) is 17.8 Å². The molecule has 126 valence electrons. The number of piperidine rings is 1. The summed E-state index contributed by atoms with van der Waals surface area (Å²) in [4.78, 5) is 30.4. The topological polar surface area (TPSA) is 117 Å². The number of H-pyrrole nitrogens is 1. The molecule has 8 heteroatoms. The van der Waals surface area contributed by atoms with Gasteiger partial charge in [-0.1, -0.05) is 12.8 Å². The number of nitrogens with two attached hydrogens (primary N) is 1. The number of carbonyl (C=O) groups is 2. The molecule has 3 rings (SSSR count). The number of rotatable bonds is 5. The number of anilines is 1. The molecule has 2 aliphatic rings. The molecule has 1 atom stereocenters. The number of nitrogens with one attached hydrogen (secondary N) is 2. The highest BCUT2D eigenvalue weighted by atomic mass is 16.2. The molecule has 0 radical (unpaired) electrons. The Morgan fingerprint density at radius 3 is 2.83 bits per heavy atom. The highest BCUT2D eigenvalue weighted by Gasteiger charge is 2.34. The first-order chi connectivity index (χ1) is 11.1. The minimum Gasteiger partial charge on any atom is -0.367 e. The molecule has 1 saturated carbocycles. The van der Waals surface area contributed by atoms with Crippen LogP contribution in [-0.2, 0) is 16.0 Å². The Labute approximate surface area is 135 Å². The Balaban J connectivity index is 1.47. The second-order valence-electron chi connectivity index (χ2n) is 6.40. The minimum absolute atomic E-state index is 0.0213. The molecule has 2 amide bonds. The van der Waals surface area contributed by atoms with Crippen molar-refractivity contribution in [2.45, 2.75) is 51.0 Å². The van der Waals surface area contributed by atoms with Gasteiger partial charge in [0, 0.05) is 32.0 Å². The first kappa shape index (κ1) is 15.8. The van der Waals surface area contributed by atoms with Crippen molar-refractivity contribution in [3.05, 3.63) is 5.82 Å². The molecule has 2 fully saturated rings. The number of amides is 2. The van der Waals surface area contributed by atoms with Crippen LogP contribution in [0, 0.1) is 5.92 Å². The van der Waals surface area contributed by atoms with E-state index in [1.165, 1.54) is 12.8 Å². The van der Waals surface area contributed by atoms with E-state index in [0.717, 1.165) is 12.8 Å². The third-order valence-corrected chi connectivity index (χ3v) is 4.79. The van der Waals surface area contributed by atoms with E-state index in [1.54, 1.807) is 0 Å². The second-order valence-corrected chi connectivity index (χ2v) is 6.40. The van der Waals surface area contributed by atoms with Gasteiger partial charge in [-0.05, 0) is 19.3 Å². The van der Waals surface area contributed by atoms with Gasteiger partial charge in [-0.25, -0.2) is 0 Å². The molecule has 8 nitrogen and oxygen atoms in total. The maximum absolute atomic E-state index is 12.3. The number of aromatic amines is 1. The number of nitrogen functional groups attached to an aromatic ring is 1. The van der Waals surface area contributed by atoms with Crippen molar-refractivity contribution < 1.29 is 9.59 Å². The SMILES string of the molecule is Nc1n[nH]c(CCNC(=O)[C@@H]2CCC(=O)N(C3CCCC3)C2)n1. The van der Waals surface area contributed by atoms with Gasteiger partial charge >= 0.3 is 0 Å². The van der Waals surface area contributed by atoms with Gasteiger partial charge in [0.05, 0.1) is 5.92 Å². The first-order valence-electron chi connectivity index (χ1n) is 8.37. The van der Waals surface area contributed by atoms with Crippen molar-refractivity contribution in [3.8, 4) is 0 Å². The molecule has 0 spiro atoms. The van der Waals surface area contributed by atoms with E-state index in [1.807, 2.05) is 4.90 Å². The van der Waals surface area contributed by atoms with Crippen molar-refractivity contribution >= 4 is 17.8 Å². The van der Waals surface area contributed by atoms with Crippen LogP contribution in [0.1, 0.15) is 44.3 Å². The Morgan fingerprint density at radius 1 is 1.35 bits per heavy atom. The fraction of sp³-hybridized carbons (Fsp3) is 0.733. The van der Waals surface area contributed by atoms with E-state index in [0.29, 0.717) is 44.2 Å². The van der Waals surface area contributed by atoms with Crippen LogP contribution in [0.4, 0.5) is 5.95 Å². The molecule has 1 aromatic rings. The summed E-state index contributed by atoms with van der Waals surface area (Å²) in [5, 5.41) is 9.40. The lowest BCUT2D eigenvalue weighted by atomic mass is 9.95. The summed E-state index contributed by atoms with van der Waals surface area (Å²) in [5.41, 5.74) is 5.44. The molecule has 1 aliphatic heterocycles. The second kappa shape index (κ2) is 6.97. The van der Waals surface area contributed by atoms with E-state index >= 15 is 0 Å². The van der Waals surface area contributed by atoms with Gasteiger partial charge in [0.25, 0.3) is 0 Å². The predicted octanol–water partition coefficient (Wildman–Crippen LogP) is 0.227. The highest BCUT2D eigenvalue weighted by Crippen LogP contribution is 2.28. The van der Waals surface area contributed by atoms with E-state index < -0.39 is 0 Å². The number of nitrogens with zero attached hydrogens (tertiary/aromatic N) is 3. The Hall–Kier alpha value is -2.12. The zero-order valence-electron chi connectivity index (χ0n) is 13.3. The zero-order valence-corrected chi connectivity index (χ0v) is 13.3. The van der Waals surface area contributed by atoms with Gasteiger partial charge < -0.3 is 16.0 Å². The van der Waals surface area contributed by atoms with Crippen LogP contribution in [-0.4, -0.2) is 51.0 Å². The molecular formula is C15H24N6O2. The van der Waals surface area contributed by atoms with Crippen LogP contribution in [0.25, 0.3) is 0 Å². The van der Waals surface area contributed by atoms with Crippen molar-refractivity contribution in [1.82, 2.24) is 25.4 Å². The molecule has 0 bridgehead atoms. The molecule has 1 aromatic heterocycles. The van der Waals surface area contributed by atoms with E-state index in [-0.39, 0.29) is 23.7 Å². The van der Waals surface area contributed by atoms with Crippen LogP contribution in [0.15, 0.2) is 0 Å². The Bertz CT molecular complexity index is 566. The average Bonchev–Trinajstić information content (AvgIpc) is 3.19. The maximum Gasteiger partial charge on any atom is 0.239 e. The van der Waals surface area contributed by atoms with E-state index in [9.17, 15) is 9.59 Å². The fourth-order valence-electron chi connectivity index (χ4n) is 3.52. The lowest BCUT2D eigenvalue weighted by molar-refractivity contribution is -0.140. The normalized spacial score (nSPS) is 22.5. The summed E-state index contributed by atoms with van der Waals surface area (Å²) in [6.07, 6.45) is 6.21. The monoisotopic (exact) mass is 320 g/mol. The largest absolute Gasteiger partial charge is 0.367 e. The molecule has 0 unspecified atom stereocenters. The smallest absolute Gasteiger partial charge is 0.239 e. The summed E-state index contributed by atoms with van der Waals surface area (Å²) < 4.78 is 0. The van der Waals surface area contributed by atoms with Gasteiger partial charge in [0.15, 0.2) is 0 Å². The van der Waals surface area contributed by atoms with Crippen molar-refractivity contribution in [3.63, 3.8) is 0 Å². The average molecular weight is 320 g/mol. The van der Waals surface area contributed by atoms with Gasteiger partial charge in [-0.15, -0.1) is 5.10 Å². The number of carbonyl (C=O) groups excluding carboxylic acids is 2. The number of hydrogen-bond donors (Lipinski definition) is 3. The van der Waals surface area contributed by atoms with Gasteiger partial charge in [-0.3, -0.25) is 14.7 Å². The molecular weight excluding hydrogens is 296 g/mol. The van der Waals surface area contributed by atoms with Crippen LogP contribution < -0.4 is 11.1 Å². The molecule has 2 heterocycles. The minimum atomic E-state index is -0.104. The lowest BCUT2D eigenvalue weighted by Gasteiger charge is -2.36. The predicted molar refractivity (Wildman–Crippen MR) is 84.2 cm³/mol. The summed E-state index contributed by atoms with van der Waals surface area (Å²) in [6.45, 7) is 1.05. The Morgan fingerprint density at radius 2 is 2.13 bits per heavy atom. The summed E-state index contributed by atoms with van der Waals surface area (Å²) in [7, 11) is 0. The van der Waals surface area contributed by atoms with E-state index in [4.69, 9.17) is 5.73 Å². The van der Waals surface area contributed by atoms with Crippen LogP contribution in [0.3, 0.4) is 0 Å². The molecule has 4 N–H and O–H groups in total. The number of aromatic nitrogens is 3.